The molecule has 0 radical (unpaired) electrons. The van der Waals surface area contributed by atoms with Crippen molar-refractivity contribution in [2.24, 2.45) is 0 Å². The maximum Gasteiger partial charge on any atom is 0.332 e. The predicted molar refractivity (Wildman–Crippen MR) is 68.4 cm³/mol. The van der Waals surface area contributed by atoms with Gasteiger partial charge in [0.25, 0.3) is 0 Å². The first-order valence-corrected chi connectivity index (χ1v) is 5.59. The molecule has 1 aromatic carbocycles. The number of esters is 1. The van der Waals surface area contributed by atoms with E-state index >= 15 is 0 Å². The second-order valence-electron chi connectivity index (χ2n) is 3.45. The Morgan fingerprint density at radius 1 is 1.44 bits per heavy atom. The highest BCUT2D eigenvalue weighted by Crippen LogP contribution is 2.16. The van der Waals surface area contributed by atoms with E-state index in [0.717, 1.165) is 15.7 Å². The highest BCUT2D eigenvalue weighted by atomic mass is 79.9. The van der Waals surface area contributed by atoms with E-state index in [0.29, 0.717) is 0 Å². The predicted octanol–water partition coefficient (Wildman–Crippen LogP) is 2.98. The number of halogens is 1. The van der Waals surface area contributed by atoms with E-state index in [1.807, 2.05) is 24.3 Å². The van der Waals surface area contributed by atoms with Crippen molar-refractivity contribution in [2.75, 3.05) is 12.4 Å². The minimum absolute atomic E-state index is 0.338. The molecule has 0 aliphatic heterocycles. The molecular weight excluding hydrogens is 270 g/mol. The molecule has 0 aliphatic rings. The summed E-state index contributed by atoms with van der Waals surface area (Å²) in [5.41, 5.74) is 1.57. The Morgan fingerprint density at radius 3 is 2.44 bits per heavy atom. The lowest BCUT2D eigenvalue weighted by Crippen LogP contribution is -2.31. The topological polar surface area (TPSA) is 38.3 Å². The van der Waals surface area contributed by atoms with Gasteiger partial charge in [-0.25, -0.2) is 4.79 Å². The van der Waals surface area contributed by atoms with Crippen LogP contribution in [0.4, 0.5) is 5.69 Å². The van der Waals surface area contributed by atoms with Gasteiger partial charge < -0.3 is 10.1 Å². The largest absolute Gasteiger partial charge is 0.467 e. The van der Waals surface area contributed by atoms with Crippen molar-refractivity contribution in [1.29, 1.82) is 0 Å². The van der Waals surface area contributed by atoms with Gasteiger partial charge in [0.1, 0.15) is 6.04 Å². The Balaban J connectivity index is 2.80. The number of hydrogen-bond donors (Lipinski definition) is 1. The van der Waals surface area contributed by atoms with E-state index in [1.54, 1.807) is 6.92 Å². The van der Waals surface area contributed by atoms with Crippen LogP contribution in [0.25, 0.3) is 0 Å². The zero-order valence-electron chi connectivity index (χ0n) is 9.29. The van der Waals surface area contributed by atoms with E-state index in [4.69, 9.17) is 4.74 Å². The third kappa shape index (κ3) is 3.38. The summed E-state index contributed by atoms with van der Waals surface area (Å²) in [6.07, 6.45) is 0. The molecular formula is C12H14BrNO2. The molecule has 0 fully saturated rings. The molecule has 4 heteroatoms. The van der Waals surface area contributed by atoms with Gasteiger partial charge in [0.15, 0.2) is 0 Å². The van der Waals surface area contributed by atoms with Crippen LogP contribution < -0.4 is 5.32 Å². The molecule has 0 amide bonds. The first-order chi connectivity index (χ1) is 7.54. The highest BCUT2D eigenvalue weighted by molar-refractivity contribution is 9.10. The fraction of sp³-hybridized carbons (Fsp3) is 0.250. The van der Waals surface area contributed by atoms with Crippen molar-refractivity contribution in [3.63, 3.8) is 0 Å². The molecule has 3 nitrogen and oxygen atoms in total. The standard InChI is InChI=1S/C12H14BrNO2/c1-8(2)11(12(15)16-3)14-10-6-4-9(13)5-7-10/h4-7,11,14H,1H2,2-3H3. The number of anilines is 1. The van der Waals surface area contributed by atoms with Crippen LogP contribution >= 0.6 is 15.9 Å². The average molecular weight is 284 g/mol. The zero-order chi connectivity index (χ0) is 12.1. The molecule has 1 N–H and O–H groups in total. The molecule has 1 unspecified atom stereocenters. The molecule has 1 rings (SSSR count). The third-order valence-electron chi connectivity index (χ3n) is 2.08. The maximum atomic E-state index is 11.5. The molecule has 1 aromatic rings. The average Bonchev–Trinajstić information content (AvgIpc) is 2.27. The number of rotatable bonds is 4. The zero-order valence-corrected chi connectivity index (χ0v) is 10.9. The lowest BCUT2D eigenvalue weighted by atomic mass is 10.1. The summed E-state index contributed by atoms with van der Waals surface area (Å²) >= 11 is 3.35. The molecule has 0 saturated heterocycles. The summed E-state index contributed by atoms with van der Waals surface area (Å²) in [6, 6.07) is 7.04. The summed E-state index contributed by atoms with van der Waals surface area (Å²) in [7, 11) is 1.36. The van der Waals surface area contributed by atoms with Gasteiger partial charge in [0, 0.05) is 10.2 Å². The van der Waals surface area contributed by atoms with Crippen LogP contribution in [0.3, 0.4) is 0 Å². The summed E-state index contributed by atoms with van der Waals surface area (Å²) in [6.45, 7) is 5.55. The normalized spacial score (nSPS) is 11.7. The summed E-state index contributed by atoms with van der Waals surface area (Å²) in [5.74, 6) is -0.338. The maximum absolute atomic E-state index is 11.5. The quantitative estimate of drug-likeness (QED) is 0.682. The number of carbonyl (C=O) groups excluding carboxylic acids is 1. The molecule has 86 valence electrons. The summed E-state index contributed by atoms with van der Waals surface area (Å²) in [5, 5.41) is 3.06. The Bertz CT molecular complexity index is 387. The van der Waals surface area contributed by atoms with Gasteiger partial charge in [0.2, 0.25) is 0 Å². The van der Waals surface area contributed by atoms with Gasteiger partial charge in [-0.2, -0.15) is 0 Å². The smallest absolute Gasteiger partial charge is 0.332 e. The van der Waals surface area contributed by atoms with E-state index in [-0.39, 0.29) is 5.97 Å². The van der Waals surface area contributed by atoms with Gasteiger partial charge in [-0.1, -0.05) is 22.5 Å². The molecule has 0 aromatic heterocycles. The molecule has 16 heavy (non-hydrogen) atoms. The van der Waals surface area contributed by atoms with E-state index in [9.17, 15) is 4.79 Å². The summed E-state index contributed by atoms with van der Waals surface area (Å²) in [4.78, 5) is 11.5. The van der Waals surface area contributed by atoms with Crippen LogP contribution in [-0.2, 0) is 9.53 Å². The lowest BCUT2D eigenvalue weighted by molar-refractivity contribution is -0.140. The second-order valence-corrected chi connectivity index (χ2v) is 4.37. The first kappa shape index (κ1) is 12.8. The minimum Gasteiger partial charge on any atom is -0.467 e. The van der Waals surface area contributed by atoms with E-state index < -0.39 is 6.04 Å². The van der Waals surface area contributed by atoms with Crippen LogP contribution in [0.15, 0.2) is 40.9 Å². The summed E-state index contributed by atoms with van der Waals surface area (Å²) < 4.78 is 5.69. The molecule has 0 aliphatic carbocycles. The van der Waals surface area contributed by atoms with Crippen LogP contribution in [0.1, 0.15) is 6.92 Å². The number of benzene rings is 1. The number of ether oxygens (including phenoxy) is 1. The first-order valence-electron chi connectivity index (χ1n) is 4.80. The van der Waals surface area contributed by atoms with Crippen molar-refractivity contribution in [2.45, 2.75) is 13.0 Å². The van der Waals surface area contributed by atoms with Crippen molar-refractivity contribution >= 4 is 27.6 Å². The van der Waals surface area contributed by atoms with Crippen LogP contribution in [0.2, 0.25) is 0 Å². The monoisotopic (exact) mass is 283 g/mol. The fourth-order valence-corrected chi connectivity index (χ4v) is 1.48. The Labute approximate surface area is 104 Å². The van der Waals surface area contributed by atoms with Gasteiger partial charge >= 0.3 is 5.97 Å². The molecule has 0 bridgehead atoms. The molecule has 0 saturated carbocycles. The van der Waals surface area contributed by atoms with Crippen molar-refractivity contribution in [3.8, 4) is 0 Å². The van der Waals surface area contributed by atoms with Gasteiger partial charge in [-0.05, 0) is 36.8 Å². The molecule has 0 spiro atoms. The number of methoxy groups -OCH3 is 1. The van der Waals surface area contributed by atoms with E-state index in [1.165, 1.54) is 7.11 Å². The Hall–Kier alpha value is -1.29. The van der Waals surface area contributed by atoms with E-state index in [2.05, 4.69) is 27.8 Å². The number of carbonyl (C=O) groups is 1. The Kier molecular flexibility index (Phi) is 4.55. The van der Waals surface area contributed by atoms with Crippen LogP contribution in [-0.4, -0.2) is 19.1 Å². The highest BCUT2D eigenvalue weighted by Gasteiger charge is 2.19. The molecule has 0 heterocycles. The third-order valence-corrected chi connectivity index (χ3v) is 2.61. The molecule has 1 atom stereocenters. The second kappa shape index (κ2) is 5.70. The van der Waals surface area contributed by atoms with Crippen LogP contribution in [0, 0.1) is 0 Å². The van der Waals surface area contributed by atoms with Gasteiger partial charge in [0.05, 0.1) is 7.11 Å². The van der Waals surface area contributed by atoms with Crippen molar-refractivity contribution < 1.29 is 9.53 Å². The fourth-order valence-electron chi connectivity index (χ4n) is 1.21. The number of hydrogen-bond acceptors (Lipinski definition) is 3. The van der Waals surface area contributed by atoms with Crippen molar-refractivity contribution in [1.82, 2.24) is 0 Å². The van der Waals surface area contributed by atoms with Gasteiger partial charge in [-0.15, -0.1) is 0 Å². The minimum atomic E-state index is -0.508. The SMILES string of the molecule is C=C(C)C(Nc1ccc(Br)cc1)C(=O)OC. The lowest BCUT2D eigenvalue weighted by Gasteiger charge is -2.17. The number of nitrogens with one attached hydrogen (secondary N) is 1. The van der Waals surface area contributed by atoms with Gasteiger partial charge in [-0.3, -0.25) is 0 Å². The van der Waals surface area contributed by atoms with Crippen molar-refractivity contribution in [3.05, 3.63) is 40.9 Å². The Morgan fingerprint density at radius 2 is 2.00 bits per heavy atom. The van der Waals surface area contributed by atoms with Crippen LogP contribution in [0.5, 0.6) is 0 Å².